The van der Waals surface area contributed by atoms with E-state index in [4.69, 9.17) is 0 Å². The van der Waals surface area contributed by atoms with Crippen molar-refractivity contribution in [2.75, 3.05) is 0 Å². The van der Waals surface area contributed by atoms with Crippen molar-refractivity contribution in [1.82, 2.24) is 9.78 Å². The molecule has 0 atom stereocenters. The Hall–Kier alpha value is -1.98. The van der Waals surface area contributed by atoms with Crippen molar-refractivity contribution in [3.8, 4) is 11.3 Å². The van der Waals surface area contributed by atoms with Gasteiger partial charge in [-0.25, -0.2) is 0 Å². The molecule has 0 aliphatic carbocycles. The number of benzene rings is 1. The molecule has 3 nitrogen and oxygen atoms in total. The zero-order valence-corrected chi connectivity index (χ0v) is 9.58. The summed E-state index contributed by atoms with van der Waals surface area (Å²) < 4.78 is 39.3. The van der Waals surface area contributed by atoms with Crippen molar-refractivity contribution in [2.24, 2.45) is 0 Å². The Morgan fingerprint density at radius 2 is 2.00 bits per heavy atom. The molecule has 0 saturated heterocycles. The van der Waals surface area contributed by atoms with Gasteiger partial charge < -0.3 is 0 Å². The molecule has 0 spiro atoms. The Labute approximate surface area is 101 Å². The Balaban J connectivity index is 2.54. The molecule has 1 aromatic carbocycles. The first-order valence-electron chi connectivity index (χ1n) is 5.39. The van der Waals surface area contributed by atoms with E-state index in [1.165, 1.54) is 16.8 Å². The third-order valence-electron chi connectivity index (χ3n) is 2.61. The Morgan fingerprint density at radius 3 is 2.61 bits per heavy atom. The Bertz CT molecular complexity index is 610. The summed E-state index contributed by atoms with van der Waals surface area (Å²) in [6, 6.07) is 6.21. The normalized spacial score (nSPS) is 11.8. The van der Waals surface area contributed by atoms with Gasteiger partial charge in [-0.2, -0.15) is 13.2 Å². The second-order valence-corrected chi connectivity index (χ2v) is 3.83. The smallest absolute Gasteiger partial charge is 0.285 e. The number of aromatic amines is 1. The zero-order valence-electron chi connectivity index (χ0n) is 9.58. The van der Waals surface area contributed by atoms with E-state index >= 15 is 0 Å². The molecule has 2 aromatic rings. The zero-order chi connectivity index (χ0) is 13.3. The molecule has 96 valence electrons. The van der Waals surface area contributed by atoms with Crippen LogP contribution in [0, 0.1) is 0 Å². The number of nitrogens with zero attached hydrogens (tertiary/aromatic N) is 1. The minimum atomic E-state index is -4.39. The number of aryl methyl sites for hydroxylation is 1. The average molecular weight is 256 g/mol. The highest BCUT2D eigenvalue weighted by Gasteiger charge is 2.30. The highest BCUT2D eigenvalue weighted by atomic mass is 19.4. The summed E-state index contributed by atoms with van der Waals surface area (Å²) in [5.41, 5.74) is -0.237. The lowest BCUT2D eigenvalue weighted by atomic mass is 10.1. The van der Waals surface area contributed by atoms with Gasteiger partial charge in [-0.1, -0.05) is 12.1 Å². The predicted molar refractivity (Wildman–Crippen MR) is 61.2 cm³/mol. The van der Waals surface area contributed by atoms with Gasteiger partial charge >= 0.3 is 6.18 Å². The lowest BCUT2D eigenvalue weighted by Gasteiger charge is -2.09. The van der Waals surface area contributed by atoms with Crippen LogP contribution in [0.1, 0.15) is 12.5 Å². The van der Waals surface area contributed by atoms with Crippen LogP contribution in [0.15, 0.2) is 35.1 Å². The number of nitrogens with one attached hydrogen (secondary N) is 1. The van der Waals surface area contributed by atoms with Gasteiger partial charge in [-0.3, -0.25) is 14.6 Å². The summed E-state index contributed by atoms with van der Waals surface area (Å²) in [5, 5.41) is 2.53. The fraction of sp³-hybridized carbons (Fsp3) is 0.250. The van der Waals surface area contributed by atoms with Gasteiger partial charge in [0, 0.05) is 18.2 Å². The molecule has 0 aliphatic rings. The van der Waals surface area contributed by atoms with E-state index in [1.807, 2.05) is 0 Å². The number of hydrogen-bond donors (Lipinski definition) is 1. The summed E-state index contributed by atoms with van der Waals surface area (Å²) >= 11 is 0. The maximum atomic E-state index is 12.6. The van der Waals surface area contributed by atoms with Gasteiger partial charge in [0.25, 0.3) is 5.56 Å². The third-order valence-corrected chi connectivity index (χ3v) is 2.61. The van der Waals surface area contributed by atoms with Crippen molar-refractivity contribution in [3.05, 3.63) is 46.2 Å². The van der Waals surface area contributed by atoms with Crippen LogP contribution in [0.25, 0.3) is 11.3 Å². The van der Waals surface area contributed by atoms with Crippen molar-refractivity contribution in [3.63, 3.8) is 0 Å². The first-order valence-corrected chi connectivity index (χ1v) is 5.39. The van der Waals surface area contributed by atoms with Gasteiger partial charge in [0.2, 0.25) is 0 Å². The minimum absolute atomic E-state index is 0.329. The fourth-order valence-corrected chi connectivity index (χ4v) is 1.77. The maximum Gasteiger partial charge on any atom is 0.416 e. The van der Waals surface area contributed by atoms with Gasteiger partial charge in [0.1, 0.15) is 0 Å². The van der Waals surface area contributed by atoms with Gasteiger partial charge in [0.15, 0.2) is 0 Å². The number of hydrogen-bond acceptors (Lipinski definition) is 1. The topological polar surface area (TPSA) is 37.8 Å². The lowest BCUT2D eigenvalue weighted by molar-refractivity contribution is -0.137. The van der Waals surface area contributed by atoms with E-state index in [0.717, 1.165) is 12.1 Å². The molecule has 0 aliphatic heterocycles. The second kappa shape index (κ2) is 4.36. The van der Waals surface area contributed by atoms with Crippen LogP contribution >= 0.6 is 0 Å². The Kier molecular flexibility index (Phi) is 3.02. The summed E-state index contributed by atoms with van der Waals surface area (Å²) in [4.78, 5) is 11.2. The first-order chi connectivity index (χ1) is 8.41. The van der Waals surface area contributed by atoms with Crippen molar-refractivity contribution in [1.29, 1.82) is 0 Å². The second-order valence-electron chi connectivity index (χ2n) is 3.83. The van der Waals surface area contributed by atoms with Crippen LogP contribution in [0.3, 0.4) is 0 Å². The van der Waals surface area contributed by atoms with Gasteiger partial charge in [0.05, 0.1) is 11.3 Å². The van der Waals surface area contributed by atoms with E-state index in [0.29, 0.717) is 17.8 Å². The molecule has 1 aromatic heterocycles. The molecule has 1 heterocycles. The van der Waals surface area contributed by atoms with Crippen LogP contribution in [0.5, 0.6) is 0 Å². The quantitative estimate of drug-likeness (QED) is 0.881. The summed E-state index contributed by atoms with van der Waals surface area (Å²) in [7, 11) is 0. The predicted octanol–water partition coefficient (Wildman–Crippen LogP) is 2.88. The van der Waals surface area contributed by atoms with Crippen LogP contribution in [-0.2, 0) is 12.7 Å². The van der Waals surface area contributed by atoms with Crippen LogP contribution in [0.4, 0.5) is 13.2 Å². The molecule has 6 heteroatoms. The monoisotopic (exact) mass is 256 g/mol. The van der Waals surface area contributed by atoms with Crippen LogP contribution in [-0.4, -0.2) is 9.78 Å². The molecule has 0 bridgehead atoms. The van der Waals surface area contributed by atoms with Gasteiger partial charge in [-0.15, -0.1) is 0 Å². The maximum absolute atomic E-state index is 12.6. The lowest BCUT2D eigenvalue weighted by Crippen LogP contribution is -2.06. The van der Waals surface area contributed by atoms with E-state index < -0.39 is 11.7 Å². The number of halogens is 3. The molecule has 0 unspecified atom stereocenters. The van der Waals surface area contributed by atoms with Crippen molar-refractivity contribution in [2.45, 2.75) is 19.6 Å². The number of aromatic nitrogens is 2. The number of rotatable bonds is 2. The average Bonchev–Trinajstić information content (AvgIpc) is 2.69. The SMILES string of the molecule is CCn1[nH]c(=O)cc1-c1cccc(C(F)(F)F)c1. The largest absolute Gasteiger partial charge is 0.416 e. The summed E-state index contributed by atoms with van der Waals surface area (Å²) in [6.07, 6.45) is -4.39. The molecule has 2 rings (SSSR count). The van der Waals surface area contributed by atoms with E-state index in [1.54, 1.807) is 13.0 Å². The molecule has 0 radical (unpaired) electrons. The third kappa shape index (κ3) is 2.32. The van der Waals surface area contributed by atoms with Gasteiger partial charge in [-0.05, 0) is 19.1 Å². The first kappa shape index (κ1) is 12.5. The number of H-pyrrole nitrogens is 1. The highest BCUT2D eigenvalue weighted by Crippen LogP contribution is 2.31. The summed E-state index contributed by atoms with van der Waals surface area (Å²) in [5.74, 6) is 0. The fourth-order valence-electron chi connectivity index (χ4n) is 1.77. The van der Waals surface area contributed by atoms with E-state index in [9.17, 15) is 18.0 Å². The Morgan fingerprint density at radius 1 is 1.28 bits per heavy atom. The molecule has 0 fully saturated rings. The molecule has 1 N–H and O–H groups in total. The summed E-state index contributed by atoms with van der Waals surface area (Å²) in [6.45, 7) is 2.28. The van der Waals surface area contributed by atoms with E-state index in [2.05, 4.69) is 5.10 Å². The van der Waals surface area contributed by atoms with Crippen molar-refractivity contribution >= 4 is 0 Å². The van der Waals surface area contributed by atoms with Crippen molar-refractivity contribution < 1.29 is 13.2 Å². The van der Waals surface area contributed by atoms with E-state index in [-0.39, 0.29) is 5.56 Å². The van der Waals surface area contributed by atoms with Crippen LogP contribution in [0.2, 0.25) is 0 Å². The minimum Gasteiger partial charge on any atom is -0.285 e. The molecule has 0 saturated carbocycles. The van der Waals surface area contributed by atoms with Crippen LogP contribution < -0.4 is 5.56 Å². The number of alkyl halides is 3. The molecular formula is C12H11F3N2O. The molecule has 18 heavy (non-hydrogen) atoms. The standard InChI is InChI=1S/C12H11F3N2O/c1-2-17-10(7-11(18)16-17)8-4-3-5-9(6-8)12(13,14)15/h3-7H,2H2,1H3,(H,16,18). The highest BCUT2D eigenvalue weighted by molar-refractivity contribution is 5.60. The molecule has 0 amide bonds. The molecular weight excluding hydrogens is 245 g/mol.